The van der Waals surface area contributed by atoms with Gasteiger partial charge in [-0.2, -0.15) is 0 Å². The Morgan fingerprint density at radius 2 is 2.15 bits per heavy atom. The van der Waals surface area contributed by atoms with Gasteiger partial charge in [-0.25, -0.2) is 13.6 Å². The van der Waals surface area contributed by atoms with Gasteiger partial charge in [0, 0.05) is 18.0 Å². The van der Waals surface area contributed by atoms with Crippen molar-refractivity contribution in [3.8, 4) is 16.5 Å². The molecule has 0 saturated heterocycles. The second-order valence-electron chi connectivity index (χ2n) is 4.71. The second-order valence-corrected chi connectivity index (χ2v) is 7.07. The van der Waals surface area contributed by atoms with Crippen LogP contribution in [0.15, 0.2) is 16.6 Å². The molecule has 0 aromatic carbocycles. The summed E-state index contributed by atoms with van der Waals surface area (Å²) in [6.07, 6.45) is 0. The number of ether oxygens (including phenoxy) is 1. The zero-order valence-corrected chi connectivity index (χ0v) is 13.0. The van der Waals surface area contributed by atoms with Crippen molar-refractivity contribution in [3.05, 3.63) is 11.4 Å². The molecule has 0 radical (unpaired) electrons. The maximum absolute atomic E-state index is 11.6. The topological polar surface area (TPSA) is 100 Å². The maximum atomic E-state index is 11.6. The second kappa shape index (κ2) is 5.51. The largest absolute Gasteiger partial charge is 0.496 e. The molecule has 2 aromatic heterocycles. The summed E-state index contributed by atoms with van der Waals surface area (Å²) in [6, 6.07) is 1.79. The van der Waals surface area contributed by atoms with E-state index < -0.39 is 10.0 Å². The molecule has 0 unspecified atom stereocenters. The first kappa shape index (κ1) is 14.9. The number of hydrogen-bond acceptors (Lipinski definition) is 6. The highest BCUT2D eigenvalue weighted by Crippen LogP contribution is 2.31. The third-order valence-corrected chi connectivity index (χ3v) is 4.27. The van der Waals surface area contributed by atoms with E-state index >= 15 is 0 Å². The lowest BCUT2D eigenvalue weighted by molar-refractivity contribution is 0.417. The van der Waals surface area contributed by atoms with Crippen LogP contribution in [-0.4, -0.2) is 30.3 Å². The lowest BCUT2D eigenvalue weighted by Crippen LogP contribution is -2.20. The van der Waals surface area contributed by atoms with Crippen LogP contribution >= 0.6 is 11.3 Å². The summed E-state index contributed by atoms with van der Waals surface area (Å²) in [6.45, 7) is 4.42. The van der Waals surface area contributed by atoms with E-state index in [2.05, 4.69) is 10.2 Å². The zero-order valence-electron chi connectivity index (χ0n) is 11.4. The molecular weight excluding hydrogens is 300 g/mol. The van der Waals surface area contributed by atoms with Crippen LogP contribution in [0.25, 0.3) is 10.7 Å². The summed E-state index contributed by atoms with van der Waals surface area (Å²) in [5.41, 5.74) is 0. The fourth-order valence-electron chi connectivity index (χ4n) is 1.75. The molecule has 7 nitrogen and oxygen atoms in total. The van der Waals surface area contributed by atoms with E-state index in [4.69, 9.17) is 9.88 Å². The molecular formula is C11H16N4O3S2. The highest BCUT2D eigenvalue weighted by molar-refractivity contribution is 7.89. The molecule has 0 aliphatic heterocycles. The summed E-state index contributed by atoms with van der Waals surface area (Å²) in [4.78, 5) is 0.782. The molecule has 0 fully saturated rings. The number of thiophene rings is 1. The van der Waals surface area contributed by atoms with E-state index in [1.165, 1.54) is 15.9 Å². The van der Waals surface area contributed by atoms with Gasteiger partial charge in [0.2, 0.25) is 0 Å². The van der Waals surface area contributed by atoms with Gasteiger partial charge in [-0.15, -0.1) is 21.5 Å². The quantitative estimate of drug-likeness (QED) is 0.896. The van der Waals surface area contributed by atoms with Crippen molar-refractivity contribution in [3.63, 3.8) is 0 Å². The molecule has 2 aromatic rings. The Morgan fingerprint density at radius 3 is 2.65 bits per heavy atom. The molecule has 0 atom stereocenters. The smallest absolute Gasteiger partial charge is 0.273 e. The maximum Gasteiger partial charge on any atom is 0.273 e. The Kier molecular flexibility index (Phi) is 4.11. The van der Waals surface area contributed by atoms with Gasteiger partial charge in [-0.05, 0) is 5.92 Å². The van der Waals surface area contributed by atoms with Gasteiger partial charge in [0.1, 0.15) is 5.75 Å². The van der Waals surface area contributed by atoms with Gasteiger partial charge in [0.05, 0.1) is 12.0 Å². The van der Waals surface area contributed by atoms with Crippen LogP contribution in [0, 0.1) is 5.92 Å². The molecule has 110 valence electrons. The standard InChI is InChI=1S/C11H16N4O3S2/c1-7(2)5-15-10(9-4-8(18-3)6-19-9)13-14-11(15)20(12,16)17/h4,6-7H,5H2,1-3H3,(H2,12,16,17). The summed E-state index contributed by atoms with van der Waals surface area (Å²) in [7, 11) is -2.33. The first-order valence-corrected chi connectivity index (χ1v) is 8.34. The molecule has 9 heteroatoms. The predicted molar refractivity (Wildman–Crippen MR) is 76.1 cm³/mol. The highest BCUT2D eigenvalue weighted by Gasteiger charge is 2.23. The van der Waals surface area contributed by atoms with E-state index in [1.807, 2.05) is 19.2 Å². The Balaban J connectivity index is 2.55. The number of rotatable bonds is 5. The summed E-state index contributed by atoms with van der Waals surface area (Å²) < 4.78 is 29.8. The number of sulfonamides is 1. The van der Waals surface area contributed by atoms with Crippen LogP contribution in [0.3, 0.4) is 0 Å². The van der Waals surface area contributed by atoms with Crippen LogP contribution in [0.2, 0.25) is 0 Å². The van der Waals surface area contributed by atoms with Crippen molar-refractivity contribution in [1.82, 2.24) is 14.8 Å². The van der Waals surface area contributed by atoms with Crippen LogP contribution < -0.4 is 9.88 Å². The molecule has 0 aliphatic rings. The number of methoxy groups -OCH3 is 1. The van der Waals surface area contributed by atoms with E-state index in [0.29, 0.717) is 18.1 Å². The summed E-state index contributed by atoms with van der Waals surface area (Å²) in [5, 5.41) is 14.5. The molecule has 20 heavy (non-hydrogen) atoms. The number of aromatic nitrogens is 3. The van der Waals surface area contributed by atoms with Gasteiger partial charge in [0.15, 0.2) is 5.82 Å². The molecule has 2 N–H and O–H groups in total. The minimum absolute atomic E-state index is 0.214. The summed E-state index contributed by atoms with van der Waals surface area (Å²) in [5.74, 6) is 1.41. The average Bonchev–Trinajstić information content (AvgIpc) is 2.92. The molecule has 0 spiro atoms. The van der Waals surface area contributed by atoms with E-state index in [0.717, 1.165) is 4.88 Å². The van der Waals surface area contributed by atoms with Gasteiger partial charge >= 0.3 is 0 Å². The lowest BCUT2D eigenvalue weighted by atomic mass is 10.2. The van der Waals surface area contributed by atoms with Crippen molar-refractivity contribution in [2.45, 2.75) is 25.5 Å². The number of hydrogen-bond donors (Lipinski definition) is 1. The SMILES string of the molecule is COc1csc(-c2nnc(S(N)(=O)=O)n2CC(C)C)c1. The molecule has 2 rings (SSSR count). The monoisotopic (exact) mass is 316 g/mol. The first-order chi connectivity index (χ1) is 9.32. The fourth-order valence-corrected chi connectivity index (χ4v) is 3.23. The van der Waals surface area contributed by atoms with Gasteiger partial charge in [-0.1, -0.05) is 13.8 Å². The van der Waals surface area contributed by atoms with Gasteiger partial charge < -0.3 is 4.74 Å². The van der Waals surface area contributed by atoms with Crippen molar-refractivity contribution in [2.75, 3.05) is 7.11 Å². The van der Waals surface area contributed by atoms with Crippen molar-refractivity contribution >= 4 is 21.4 Å². The Bertz CT molecular complexity index is 703. The molecule has 0 aliphatic carbocycles. The zero-order chi connectivity index (χ0) is 14.9. The number of nitrogens with two attached hydrogens (primary N) is 1. The highest BCUT2D eigenvalue weighted by atomic mass is 32.2. The van der Waals surface area contributed by atoms with E-state index in [1.54, 1.807) is 13.2 Å². The lowest BCUT2D eigenvalue weighted by Gasteiger charge is -2.10. The van der Waals surface area contributed by atoms with Crippen molar-refractivity contribution < 1.29 is 13.2 Å². The molecule has 0 bridgehead atoms. The third kappa shape index (κ3) is 3.00. The molecule has 2 heterocycles. The molecule has 0 amide bonds. The van der Waals surface area contributed by atoms with Crippen LogP contribution in [0.5, 0.6) is 5.75 Å². The van der Waals surface area contributed by atoms with Crippen molar-refractivity contribution in [2.24, 2.45) is 11.1 Å². The van der Waals surface area contributed by atoms with Crippen LogP contribution in [0.4, 0.5) is 0 Å². The van der Waals surface area contributed by atoms with Crippen LogP contribution in [-0.2, 0) is 16.6 Å². The van der Waals surface area contributed by atoms with Crippen molar-refractivity contribution in [1.29, 1.82) is 0 Å². The average molecular weight is 316 g/mol. The van der Waals surface area contributed by atoms with Gasteiger partial charge in [-0.3, -0.25) is 4.57 Å². The number of nitrogens with zero attached hydrogens (tertiary/aromatic N) is 3. The fraction of sp³-hybridized carbons (Fsp3) is 0.455. The normalized spacial score (nSPS) is 12.1. The summed E-state index contributed by atoms with van der Waals surface area (Å²) >= 11 is 1.41. The number of primary sulfonamides is 1. The van der Waals surface area contributed by atoms with E-state index in [-0.39, 0.29) is 11.1 Å². The Labute approximate surface area is 121 Å². The molecule has 0 saturated carbocycles. The van der Waals surface area contributed by atoms with Crippen LogP contribution in [0.1, 0.15) is 13.8 Å². The van der Waals surface area contributed by atoms with Gasteiger partial charge in [0.25, 0.3) is 15.2 Å². The first-order valence-electron chi connectivity index (χ1n) is 5.91. The predicted octanol–water partition coefficient (Wildman–Crippen LogP) is 1.32. The minimum Gasteiger partial charge on any atom is -0.496 e. The minimum atomic E-state index is -3.90. The van der Waals surface area contributed by atoms with E-state index in [9.17, 15) is 8.42 Å². The Morgan fingerprint density at radius 1 is 1.45 bits per heavy atom. The third-order valence-electron chi connectivity index (χ3n) is 2.55. The Hall–Kier alpha value is -1.45.